The fraction of sp³-hybridized carbons (Fsp3) is 0.400. The van der Waals surface area contributed by atoms with Crippen molar-refractivity contribution < 1.29 is 5.11 Å². The number of benzene rings is 1. The monoisotopic (exact) mass is 178 g/mol. The first-order valence-corrected chi connectivity index (χ1v) is 4.48. The van der Waals surface area contributed by atoms with Crippen molar-refractivity contribution in [2.24, 2.45) is 5.73 Å². The van der Waals surface area contributed by atoms with Crippen LogP contribution in [-0.4, -0.2) is 18.7 Å². The first-order chi connectivity index (χ1) is 6.18. The van der Waals surface area contributed by atoms with Crippen LogP contribution in [0, 0.1) is 0 Å². The molecule has 0 fully saturated rings. The molecule has 1 aliphatic rings. The molecule has 1 aromatic rings. The maximum Gasteiger partial charge on any atom is 0.117 e. The van der Waals surface area contributed by atoms with Crippen LogP contribution < -0.4 is 10.6 Å². The van der Waals surface area contributed by atoms with Crippen LogP contribution >= 0.6 is 0 Å². The van der Waals surface area contributed by atoms with Crippen molar-refractivity contribution in [2.45, 2.75) is 12.5 Å². The summed E-state index contributed by atoms with van der Waals surface area (Å²) in [5, 5.41) is 9.32. The van der Waals surface area contributed by atoms with Gasteiger partial charge in [-0.2, -0.15) is 0 Å². The van der Waals surface area contributed by atoms with Crippen molar-refractivity contribution in [2.75, 3.05) is 18.5 Å². The van der Waals surface area contributed by atoms with Gasteiger partial charge < -0.3 is 15.7 Å². The molecule has 0 aliphatic carbocycles. The lowest BCUT2D eigenvalue weighted by Crippen LogP contribution is -2.30. The van der Waals surface area contributed by atoms with E-state index >= 15 is 0 Å². The second-order valence-electron chi connectivity index (χ2n) is 3.56. The molecule has 13 heavy (non-hydrogen) atoms. The standard InChI is InChI=1S/C10H14N2O/c1-12-5-4-9(11)8-3-2-7(13)6-10(8)12/h2-3,6,9,13H,4-5,11H2,1H3. The SMILES string of the molecule is CN1CCC(N)c2ccc(O)cc21. The zero-order valence-corrected chi connectivity index (χ0v) is 7.70. The zero-order valence-electron chi connectivity index (χ0n) is 7.70. The Morgan fingerprint density at radius 2 is 2.31 bits per heavy atom. The Kier molecular flexibility index (Phi) is 1.88. The normalized spacial score (nSPS) is 21.4. The van der Waals surface area contributed by atoms with Crippen molar-refractivity contribution in [1.82, 2.24) is 0 Å². The molecule has 0 radical (unpaired) electrons. The number of phenolic OH excluding ortho intramolecular Hbond substituents is 1. The molecule has 70 valence electrons. The molecule has 0 aromatic heterocycles. The fourth-order valence-electron chi connectivity index (χ4n) is 1.78. The predicted octanol–water partition coefficient (Wildman–Crippen LogP) is 1.23. The molecular weight excluding hydrogens is 164 g/mol. The quantitative estimate of drug-likeness (QED) is 0.628. The molecule has 3 nitrogen and oxygen atoms in total. The molecule has 0 amide bonds. The van der Waals surface area contributed by atoms with E-state index in [1.165, 1.54) is 0 Å². The van der Waals surface area contributed by atoms with Gasteiger partial charge in [-0.05, 0) is 18.1 Å². The van der Waals surface area contributed by atoms with Crippen molar-refractivity contribution in [3.05, 3.63) is 23.8 Å². The summed E-state index contributed by atoms with van der Waals surface area (Å²) < 4.78 is 0. The average molecular weight is 178 g/mol. The number of hydrogen-bond acceptors (Lipinski definition) is 3. The van der Waals surface area contributed by atoms with E-state index in [0.29, 0.717) is 5.75 Å². The summed E-state index contributed by atoms with van der Waals surface area (Å²) >= 11 is 0. The number of nitrogens with two attached hydrogens (primary N) is 1. The third-order valence-corrected chi connectivity index (χ3v) is 2.60. The van der Waals surface area contributed by atoms with E-state index in [-0.39, 0.29) is 6.04 Å². The van der Waals surface area contributed by atoms with Crippen LogP contribution in [0.2, 0.25) is 0 Å². The molecule has 3 N–H and O–H groups in total. The third-order valence-electron chi connectivity index (χ3n) is 2.60. The first-order valence-electron chi connectivity index (χ1n) is 4.48. The summed E-state index contributed by atoms with van der Waals surface area (Å²) in [6.45, 7) is 0.956. The van der Waals surface area contributed by atoms with E-state index in [2.05, 4.69) is 4.90 Å². The van der Waals surface area contributed by atoms with Gasteiger partial charge in [0, 0.05) is 31.4 Å². The number of anilines is 1. The molecule has 0 saturated heterocycles. The van der Waals surface area contributed by atoms with Gasteiger partial charge in [0.1, 0.15) is 5.75 Å². The maximum absolute atomic E-state index is 9.32. The molecule has 1 aliphatic heterocycles. The fourth-order valence-corrected chi connectivity index (χ4v) is 1.78. The van der Waals surface area contributed by atoms with E-state index in [9.17, 15) is 5.11 Å². The topological polar surface area (TPSA) is 49.5 Å². The van der Waals surface area contributed by atoms with Crippen LogP contribution in [0.4, 0.5) is 5.69 Å². The number of phenols is 1. The summed E-state index contributed by atoms with van der Waals surface area (Å²) in [5.41, 5.74) is 8.14. The van der Waals surface area contributed by atoms with Gasteiger partial charge in [-0.15, -0.1) is 0 Å². The van der Waals surface area contributed by atoms with Gasteiger partial charge in [0.05, 0.1) is 0 Å². The first kappa shape index (κ1) is 8.38. The second-order valence-corrected chi connectivity index (χ2v) is 3.56. The highest BCUT2D eigenvalue weighted by atomic mass is 16.3. The Balaban J connectivity index is 2.50. The average Bonchev–Trinajstić information content (AvgIpc) is 2.12. The number of aromatic hydroxyl groups is 1. The minimum Gasteiger partial charge on any atom is -0.508 e. The number of hydrogen-bond donors (Lipinski definition) is 2. The molecule has 0 bridgehead atoms. The summed E-state index contributed by atoms with van der Waals surface area (Å²) in [6, 6.07) is 5.49. The molecule has 0 saturated carbocycles. The van der Waals surface area contributed by atoms with Gasteiger partial charge in [0.15, 0.2) is 0 Å². The Labute approximate surface area is 77.8 Å². The molecule has 1 unspecified atom stereocenters. The summed E-state index contributed by atoms with van der Waals surface area (Å²) in [6.07, 6.45) is 0.980. The van der Waals surface area contributed by atoms with E-state index in [1.54, 1.807) is 12.1 Å². The van der Waals surface area contributed by atoms with Crippen LogP contribution in [-0.2, 0) is 0 Å². The molecule has 1 aromatic carbocycles. The van der Waals surface area contributed by atoms with Gasteiger partial charge in [-0.3, -0.25) is 0 Å². The Hall–Kier alpha value is -1.22. The molecule has 3 heteroatoms. The molecule has 0 spiro atoms. The lowest BCUT2D eigenvalue weighted by Gasteiger charge is -2.31. The van der Waals surface area contributed by atoms with E-state index in [4.69, 9.17) is 5.73 Å². The predicted molar refractivity (Wildman–Crippen MR) is 52.9 cm³/mol. The largest absolute Gasteiger partial charge is 0.508 e. The zero-order chi connectivity index (χ0) is 9.42. The molecule has 1 heterocycles. The summed E-state index contributed by atoms with van der Waals surface area (Å²) in [5.74, 6) is 0.305. The molecule has 2 rings (SSSR count). The number of fused-ring (bicyclic) bond motifs is 1. The number of nitrogens with zero attached hydrogens (tertiary/aromatic N) is 1. The summed E-state index contributed by atoms with van der Waals surface area (Å²) in [7, 11) is 2.02. The van der Waals surface area contributed by atoms with Crippen molar-refractivity contribution in [1.29, 1.82) is 0 Å². The van der Waals surface area contributed by atoms with Crippen LogP contribution in [0.25, 0.3) is 0 Å². The number of rotatable bonds is 0. The van der Waals surface area contributed by atoms with E-state index in [1.807, 2.05) is 13.1 Å². The van der Waals surface area contributed by atoms with Crippen LogP contribution in [0.3, 0.4) is 0 Å². The van der Waals surface area contributed by atoms with Crippen molar-refractivity contribution in [3.63, 3.8) is 0 Å². The Morgan fingerprint density at radius 3 is 3.08 bits per heavy atom. The van der Waals surface area contributed by atoms with Gasteiger partial charge in [0.2, 0.25) is 0 Å². The Bertz CT molecular complexity index is 325. The van der Waals surface area contributed by atoms with Gasteiger partial charge in [-0.1, -0.05) is 6.07 Å². The highest BCUT2D eigenvalue weighted by Gasteiger charge is 2.19. The highest BCUT2D eigenvalue weighted by molar-refractivity contribution is 5.59. The van der Waals surface area contributed by atoms with Crippen LogP contribution in [0.1, 0.15) is 18.0 Å². The maximum atomic E-state index is 9.32. The van der Waals surface area contributed by atoms with Crippen molar-refractivity contribution in [3.8, 4) is 5.75 Å². The molecule has 1 atom stereocenters. The van der Waals surface area contributed by atoms with E-state index < -0.39 is 0 Å². The lowest BCUT2D eigenvalue weighted by atomic mass is 9.97. The van der Waals surface area contributed by atoms with Crippen LogP contribution in [0.15, 0.2) is 18.2 Å². The Morgan fingerprint density at radius 1 is 1.54 bits per heavy atom. The smallest absolute Gasteiger partial charge is 0.117 e. The minimum atomic E-state index is 0.117. The van der Waals surface area contributed by atoms with E-state index in [0.717, 1.165) is 24.2 Å². The second kappa shape index (κ2) is 2.92. The van der Waals surface area contributed by atoms with Crippen molar-refractivity contribution >= 4 is 5.69 Å². The highest BCUT2D eigenvalue weighted by Crippen LogP contribution is 2.33. The van der Waals surface area contributed by atoms with Gasteiger partial charge >= 0.3 is 0 Å². The van der Waals surface area contributed by atoms with Gasteiger partial charge in [-0.25, -0.2) is 0 Å². The third kappa shape index (κ3) is 1.35. The minimum absolute atomic E-state index is 0.117. The lowest BCUT2D eigenvalue weighted by molar-refractivity contribution is 0.474. The molecular formula is C10H14N2O. The summed E-state index contributed by atoms with van der Waals surface area (Å²) in [4.78, 5) is 2.12. The van der Waals surface area contributed by atoms with Gasteiger partial charge in [0.25, 0.3) is 0 Å². The van der Waals surface area contributed by atoms with Crippen LogP contribution in [0.5, 0.6) is 5.75 Å².